The third-order valence-corrected chi connectivity index (χ3v) is 3.76. The minimum Gasteiger partial charge on any atom is -0.465 e. The second-order valence-corrected chi connectivity index (χ2v) is 5.10. The maximum atomic E-state index is 11.8. The molecule has 0 unspecified atom stereocenters. The highest BCUT2D eigenvalue weighted by molar-refractivity contribution is 7.12. The summed E-state index contributed by atoms with van der Waals surface area (Å²) in [6, 6.07) is 3.38. The predicted molar refractivity (Wildman–Crippen MR) is 73.0 cm³/mol. The fraction of sp³-hybridized carbons (Fsp3) is 0.286. The largest absolute Gasteiger partial charge is 0.465 e. The van der Waals surface area contributed by atoms with Crippen molar-refractivity contribution in [2.75, 3.05) is 7.11 Å². The second-order valence-electron chi connectivity index (χ2n) is 4.18. The van der Waals surface area contributed by atoms with Gasteiger partial charge < -0.3 is 13.9 Å². The van der Waals surface area contributed by atoms with Gasteiger partial charge in [0.1, 0.15) is 28.6 Å². The minimum atomic E-state index is -0.474. The maximum Gasteiger partial charge on any atom is 0.349 e. The summed E-state index contributed by atoms with van der Waals surface area (Å²) in [7, 11) is 1.30. The van der Waals surface area contributed by atoms with Crippen molar-refractivity contribution in [3.05, 3.63) is 45.0 Å². The lowest BCUT2D eigenvalue weighted by Crippen LogP contribution is -2.04. The lowest BCUT2D eigenvalue weighted by molar-refractivity contribution is 0.0449. The number of ether oxygens (including phenoxy) is 2. The molecule has 0 aliphatic heterocycles. The molecule has 0 amide bonds. The number of methoxy groups -OCH3 is 1. The third kappa shape index (κ3) is 2.91. The molecule has 0 spiro atoms. The maximum absolute atomic E-state index is 11.8. The summed E-state index contributed by atoms with van der Waals surface area (Å²) in [5.74, 6) is -0.0234. The SMILES string of the molecule is COC(=O)c1cc(COC(=O)c2sccc2C)oc1C. The van der Waals surface area contributed by atoms with Crippen LogP contribution in [0.15, 0.2) is 21.9 Å². The number of aryl methyl sites for hydroxylation is 2. The van der Waals surface area contributed by atoms with E-state index in [9.17, 15) is 9.59 Å². The molecule has 2 aromatic rings. The third-order valence-electron chi connectivity index (χ3n) is 2.77. The highest BCUT2D eigenvalue weighted by Gasteiger charge is 2.17. The molecule has 6 heteroatoms. The molecule has 2 heterocycles. The number of carbonyl (C=O) groups excluding carboxylic acids is 2. The van der Waals surface area contributed by atoms with E-state index in [1.54, 1.807) is 6.92 Å². The molecule has 0 aromatic carbocycles. The average molecular weight is 294 g/mol. The van der Waals surface area contributed by atoms with Gasteiger partial charge in [-0.05, 0) is 36.9 Å². The molecule has 0 atom stereocenters. The van der Waals surface area contributed by atoms with E-state index in [1.165, 1.54) is 24.5 Å². The minimum absolute atomic E-state index is 0.0198. The summed E-state index contributed by atoms with van der Waals surface area (Å²) < 4.78 is 15.1. The summed E-state index contributed by atoms with van der Waals surface area (Å²) in [6.07, 6.45) is 0. The fourth-order valence-corrected chi connectivity index (χ4v) is 2.53. The first-order chi connectivity index (χ1) is 9.52. The summed E-state index contributed by atoms with van der Waals surface area (Å²) >= 11 is 1.33. The zero-order valence-electron chi connectivity index (χ0n) is 11.4. The van der Waals surface area contributed by atoms with Crippen LogP contribution in [0.4, 0.5) is 0 Å². The first-order valence-electron chi connectivity index (χ1n) is 5.91. The van der Waals surface area contributed by atoms with Crippen molar-refractivity contribution in [2.24, 2.45) is 0 Å². The van der Waals surface area contributed by atoms with Gasteiger partial charge >= 0.3 is 11.9 Å². The van der Waals surface area contributed by atoms with E-state index >= 15 is 0 Å². The van der Waals surface area contributed by atoms with Crippen LogP contribution < -0.4 is 0 Å². The summed E-state index contributed by atoms with van der Waals surface area (Å²) in [5.41, 5.74) is 1.22. The van der Waals surface area contributed by atoms with Crippen LogP contribution in [0.3, 0.4) is 0 Å². The molecule has 2 aromatic heterocycles. The Morgan fingerprint density at radius 1 is 1.30 bits per heavy atom. The van der Waals surface area contributed by atoms with Crippen molar-refractivity contribution in [1.29, 1.82) is 0 Å². The first-order valence-corrected chi connectivity index (χ1v) is 6.79. The standard InChI is InChI=1S/C14H14O5S/c1-8-4-5-20-12(8)14(16)18-7-10-6-11(9(2)19-10)13(15)17-3/h4-6H,7H2,1-3H3. The van der Waals surface area contributed by atoms with Crippen molar-refractivity contribution < 1.29 is 23.5 Å². The van der Waals surface area contributed by atoms with Crippen molar-refractivity contribution >= 4 is 23.3 Å². The summed E-state index contributed by atoms with van der Waals surface area (Å²) in [4.78, 5) is 23.8. The van der Waals surface area contributed by atoms with E-state index in [0.717, 1.165) is 5.56 Å². The van der Waals surface area contributed by atoms with Gasteiger partial charge in [-0.3, -0.25) is 0 Å². The first kappa shape index (κ1) is 14.3. The van der Waals surface area contributed by atoms with E-state index in [0.29, 0.717) is 22.0 Å². The van der Waals surface area contributed by atoms with Crippen LogP contribution in [0.5, 0.6) is 0 Å². The normalized spacial score (nSPS) is 10.3. The number of furan rings is 1. The van der Waals surface area contributed by atoms with E-state index < -0.39 is 11.9 Å². The molecular formula is C14H14O5S. The van der Waals surface area contributed by atoms with Crippen molar-refractivity contribution in [3.63, 3.8) is 0 Å². The van der Waals surface area contributed by atoms with E-state index in [1.807, 2.05) is 18.4 Å². The van der Waals surface area contributed by atoms with Crippen LogP contribution in [0.1, 0.15) is 37.1 Å². The molecule has 5 nitrogen and oxygen atoms in total. The molecular weight excluding hydrogens is 280 g/mol. The lowest BCUT2D eigenvalue weighted by Gasteiger charge is -2.01. The molecule has 0 radical (unpaired) electrons. The molecule has 0 saturated carbocycles. The highest BCUT2D eigenvalue weighted by Crippen LogP contribution is 2.19. The summed E-state index contributed by atoms with van der Waals surface area (Å²) in [6.45, 7) is 3.48. The Bertz CT molecular complexity index is 638. The number of rotatable bonds is 4. The quantitative estimate of drug-likeness (QED) is 0.811. The Labute approximate surface area is 120 Å². The molecule has 0 aliphatic carbocycles. The van der Waals surface area contributed by atoms with Crippen molar-refractivity contribution in [3.8, 4) is 0 Å². The topological polar surface area (TPSA) is 65.7 Å². The molecule has 106 valence electrons. The van der Waals surface area contributed by atoms with Crippen LogP contribution in [-0.2, 0) is 16.1 Å². The molecule has 2 rings (SSSR count). The number of hydrogen-bond acceptors (Lipinski definition) is 6. The molecule has 0 N–H and O–H groups in total. The number of hydrogen-bond donors (Lipinski definition) is 0. The Hall–Kier alpha value is -2.08. The van der Waals surface area contributed by atoms with Crippen LogP contribution in [0, 0.1) is 13.8 Å². The molecule has 0 bridgehead atoms. The Balaban J connectivity index is 2.03. The van der Waals surface area contributed by atoms with Crippen LogP contribution in [0.2, 0.25) is 0 Å². The van der Waals surface area contributed by atoms with Gasteiger partial charge in [-0.2, -0.15) is 0 Å². The monoisotopic (exact) mass is 294 g/mol. The number of esters is 2. The average Bonchev–Trinajstić information content (AvgIpc) is 3.01. The van der Waals surface area contributed by atoms with Crippen LogP contribution in [-0.4, -0.2) is 19.0 Å². The molecule has 20 heavy (non-hydrogen) atoms. The van der Waals surface area contributed by atoms with Gasteiger partial charge in [0.05, 0.1) is 7.11 Å². The van der Waals surface area contributed by atoms with Gasteiger partial charge in [0.15, 0.2) is 0 Å². The molecule has 0 saturated heterocycles. The van der Waals surface area contributed by atoms with Crippen LogP contribution in [0.25, 0.3) is 0 Å². The second kappa shape index (κ2) is 5.92. The smallest absolute Gasteiger partial charge is 0.349 e. The van der Waals surface area contributed by atoms with Crippen molar-refractivity contribution in [2.45, 2.75) is 20.5 Å². The van der Waals surface area contributed by atoms with Gasteiger partial charge in [0.2, 0.25) is 0 Å². The highest BCUT2D eigenvalue weighted by atomic mass is 32.1. The van der Waals surface area contributed by atoms with Gasteiger partial charge in [-0.1, -0.05) is 0 Å². The van der Waals surface area contributed by atoms with E-state index in [-0.39, 0.29) is 6.61 Å². The lowest BCUT2D eigenvalue weighted by atomic mass is 10.2. The zero-order chi connectivity index (χ0) is 14.7. The Morgan fingerprint density at radius 2 is 2.05 bits per heavy atom. The summed E-state index contributed by atoms with van der Waals surface area (Å²) in [5, 5.41) is 1.83. The Morgan fingerprint density at radius 3 is 2.65 bits per heavy atom. The molecule has 0 aliphatic rings. The Kier molecular flexibility index (Phi) is 4.24. The van der Waals surface area contributed by atoms with Crippen LogP contribution >= 0.6 is 11.3 Å². The van der Waals surface area contributed by atoms with Gasteiger partial charge in [0.25, 0.3) is 0 Å². The zero-order valence-corrected chi connectivity index (χ0v) is 12.2. The predicted octanol–water partition coefficient (Wildman–Crippen LogP) is 3.10. The van der Waals surface area contributed by atoms with E-state index in [4.69, 9.17) is 9.15 Å². The number of carbonyl (C=O) groups is 2. The van der Waals surface area contributed by atoms with Gasteiger partial charge in [0, 0.05) is 0 Å². The number of thiophene rings is 1. The van der Waals surface area contributed by atoms with Gasteiger partial charge in [-0.15, -0.1) is 11.3 Å². The molecule has 0 fully saturated rings. The van der Waals surface area contributed by atoms with Gasteiger partial charge in [-0.25, -0.2) is 9.59 Å². The van der Waals surface area contributed by atoms with E-state index in [2.05, 4.69) is 4.74 Å². The fourth-order valence-electron chi connectivity index (χ4n) is 1.71. The van der Waals surface area contributed by atoms with Crippen molar-refractivity contribution in [1.82, 2.24) is 0 Å².